The van der Waals surface area contributed by atoms with Crippen LogP contribution in [0.4, 0.5) is 8.78 Å². The maximum Gasteiger partial charge on any atom is 0.159 e. The summed E-state index contributed by atoms with van der Waals surface area (Å²) in [6.45, 7) is 2.07. The minimum atomic E-state index is -0.830. The molecule has 19 heavy (non-hydrogen) atoms. The van der Waals surface area contributed by atoms with Crippen LogP contribution in [0.25, 0.3) is 5.57 Å². The molecule has 0 aliphatic carbocycles. The van der Waals surface area contributed by atoms with Crippen molar-refractivity contribution in [3.8, 4) is 0 Å². The maximum absolute atomic E-state index is 13.4. The first kappa shape index (κ1) is 13.4. The zero-order chi connectivity index (χ0) is 13.7. The van der Waals surface area contributed by atoms with Gasteiger partial charge in [0.1, 0.15) is 0 Å². The molecule has 0 saturated heterocycles. The van der Waals surface area contributed by atoms with Gasteiger partial charge in [0, 0.05) is 18.0 Å². The molecule has 98 valence electrons. The van der Waals surface area contributed by atoms with E-state index in [1.807, 2.05) is 18.2 Å². The molecular weight excluding hydrogens is 244 g/mol. The normalized spacial score (nSPS) is 11.6. The first-order valence-electron chi connectivity index (χ1n) is 6.28. The van der Waals surface area contributed by atoms with Crippen molar-refractivity contribution < 1.29 is 8.78 Å². The lowest BCUT2D eigenvalue weighted by atomic mass is 9.97. The van der Waals surface area contributed by atoms with Crippen LogP contribution in [0.2, 0.25) is 0 Å². The van der Waals surface area contributed by atoms with Gasteiger partial charge in [0.05, 0.1) is 0 Å². The number of rotatable bonds is 4. The molecule has 1 aromatic carbocycles. The van der Waals surface area contributed by atoms with Gasteiger partial charge in [0.25, 0.3) is 0 Å². The Balaban J connectivity index is 2.46. The summed E-state index contributed by atoms with van der Waals surface area (Å²) in [5, 5.41) is 0. The van der Waals surface area contributed by atoms with E-state index in [2.05, 4.69) is 11.9 Å². The molecule has 0 fully saturated rings. The number of allylic oxidation sites excluding steroid dienone is 1. The molecule has 0 unspecified atom stereocenters. The smallest absolute Gasteiger partial charge is 0.159 e. The summed E-state index contributed by atoms with van der Waals surface area (Å²) < 4.78 is 26.4. The molecule has 0 amide bonds. The summed E-state index contributed by atoms with van der Waals surface area (Å²) in [6.07, 6.45) is 7.31. The fourth-order valence-corrected chi connectivity index (χ4v) is 1.88. The molecule has 1 aromatic heterocycles. The standard InChI is InChI=1S/C16H15F2N/c1-2-3-6-14(13-5-4-9-19-11-13)12-7-8-15(17)16(18)10-12/h4-11H,2-3H2,1H3. The number of pyridine rings is 1. The SMILES string of the molecule is CCCC=C(c1cccnc1)c1ccc(F)c(F)c1. The predicted molar refractivity (Wildman–Crippen MR) is 72.6 cm³/mol. The van der Waals surface area contributed by atoms with Crippen molar-refractivity contribution in [3.63, 3.8) is 0 Å². The number of hydrogen-bond acceptors (Lipinski definition) is 1. The molecule has 3 heteroatoms. The van der Waals surface area contributed by atoms with Gasteiger partial charge in [-0.05, 0) is 35.8 Å². The van der Waals surface area contributed by atoms with Crippen LogP contribution < -0.4 is 0 Å². The zero-order valence-electron chi connectivity index (χ0n) is 10.7. The van der Waals surface area contributed by atoms with Gasteiger partial charge in [-0.25, -0.2) is 8.78 Å². The topological polar surface area (TPSA) is 12.9 Å². The average Bonchev–Trinajstić information content (AvgIpc) is 2.44. The third-order valence-corrected chi connectivity index (χ3v) is 2.84. The highest BCUT2D eigenvalue weighted by molar-refractivity contribution is 5.79. The van der Waals surface area contributed by atoms with Crippen molar-refractivity contribution in [2.45, 2.75) is 19.8 Å². The summed E-state index contributed by atoms with van der Waals surface area (Å²) in [4.78, 5) is 4.07. The Morgan fingerprint density at radius 2 is 2.00 bits per heavy atom. The van der Waals surface area contributed by atoms with Crippen LogP contribution in [0.15, 0.2) is 48.8 Å². The second kappa shape index (κ2) is 6.23. The number of nitrogens with zero attached hydrogens (tertiary/aromatic N) is 1. The molecule has 0 aliphatic heterocycles. The third-order valence-electron chi connectivity index (χ3n) is 2.84. The Kier molecular flexibility index (Phi) is 4.39. The Morgan fingerprint density at radius 1 is 1.16 bits per heavy atom. The Labute approximate surface area is 111 Å². The maximum atomic E-state index is 13.4. The van der Waals surface area contributed by atoms with Gasteiger partial charge in [-0.15, -0.1) is 0 Å². The summed E-state index contributed by atoms with van der Waals surface area (Å²) in [7, 11) is 0. The molecular formula is C16H15F2N. The minimum absolute atomic E-state index is 0.667. The van der Waals surface area contributed by atoms with E-state index < -0.39 is 11.6 Å². The van der Waals surface area contributed by atoms with E-state index in [4.69, 9.17) is 0 Å². The fourth-order valence-electron chi connectivity index (χ4n) is 1.88. The van der Waals surface area contributed by atoms with Gasteiger partial charge in [-0.3, -0.25) is 4.98 Å². The molecule has 0 spiro atoms. The van der Waals surface area contributed by atoms with Gasteiger partial charge < -0.3 is 0 Å². The number of aromatic nitrogens is 1. The van der Waals surface area contributed by atoms with Crippen LogP contribution in [0.5, 0.6) is 0 Å². The van der Waals surface area contributed by atoms with E-state index in [0.717, 1.165) is 30.0 Å². The monoisotopic (exact) mass is 259 g/mol. The highest BCUT2D eigenvalue weighted by Gasteiger charge is 2.08. The van der Waals surface area contributed by atoms with Crippen molar-refractivity contribution >= 4 is 5.57 Å². The predicted octanol–water partition coefficient (Wildman–Crippen LogP) is 4.59. The van der Waals surface area contributed by atoms with Crippen molar-refractivity contribution in [1.29, 1.82) is 0 Å². The summed E-state index contributed by atoms with van der Waals surface area (Å²) >= 11 is 0. The molecule has 1 nitrogen and oxygen atoms in total. The van der Waals surface area contributed by atoms with Gasteiger partial charge in [-0.1, -0.05) is 31.6 Å². The minimum Gasteiger partial charge on any atom is -0.264 e. The molecule has 0 aliphatic rings. The lowest BCUT2D eigenvalue weighted by Gasteiger charge is -2.08. The van der Waals surface area contributed by atoms with Crippen LogP contribution in [0.3, 0.4) is 0 Å². The molecule has 0 bridgehead atoms. The lowest BCUT2D eigenvalue weighted by Crippen LogP contribution is -1.92. The van der Waals surface area contributed by atoms with E-state index in [1.54, 1.807) is 18.5 Å². The zero-order valence-corrected chi connectivity index (χ0v) is 10.7. The van der Waals surface area contributed by atoms with Gasteiger partial charge >= 0.3 is 0 Å². The van der Waals surface area contributed by atoms with E-state index in [9.17, 15) is 8.78 Å². The third kappa shape index (κ3) is 3.25. The fraction of sp³-hybridized carbons (Fsp3) is 0.188. The Bertz CT molecular complexity index is 577. The summed E-state index contributed by atoms with van der Waals surface area (Å²) in [5.41, 5.74) is 2.45. The first-order chi connectivity index (χ1) is 9.22. The van der Waals surface area contributed by atoms with E-state index in [1.165, 1.54) is 6.07 Å². The molecule has 2 rings (SSSR count). The largest absolute Gasteiger partial charge is 0.264 e. The van der Waals surface area contributed by atoms with Crippen LogP contribution in [-0.2, 0) is 0 Å². The molecule has 0 radical (unpaired) electrons. The van der Waals surface area contributed by atoms with Crippen molar-refractivity contribution in [3.05, 3.63) is 71.6 Å². The lowest BCUT2D eigenvalue weighted by molar-refractivity contribution is 0.508. The van der Waals surface area contributed by atoms with Gasteiger partial charge in [0.15, 0.2) is 11.6 Å². The average molecular weight is 259 g/mol. The van der Waals surface area contributed by atoms with Crippen LogP contribution in [0.1, 0.15) is 30.9 Å². The number of benzene rings is 1. The summed E-state index contributed by atoms with van der Waals surface area (Å²) in [5.74, 6) is -1.66. The van der Waals surface area contributed by atoms with Crippen LogP contribution in [0, 0.1) is 11.6 Å². The second-order valence-corrected chi connectivity index (χ2v) is 4.28. The van der Waals surface area contributed by atoms with Crippen molar-refractivity contribution in [2.75, 3.05) is 0 Å². The van der Waals surface area contributed by atoms with Crippen molar-refractivity contribution in [2.24, 2.45) is 0 Å². The quantitative estimate of drug-likeness (QED) is 0.782. The number of halogens is 2. The first-order valence-corrected chi connectivity index (χ1v) is 6.28. The van der Waals surface area contributed by atoms with Crippen LogP contribution >= 0.6 is 0 Å². The second-order valence-electron chi connectivity index (χ2n) is 4.28. The van der Waals surface area contributed by atoms with Gasteiger partial charge in [-0.2, -0.15) is 0 Å². The Hall–Kier alpha value is -2.03. The molecule has 0 N–H and O–H groups in total. The highest BCUT2D eigenvalue weighted by Crippen LogP contribution is 2.25. The van der Waals surface area contributed by atoms with Crippen molar-refractivity contribution in [1.82, 2.24) is 4.98 Å². The van der Waals surface area contributed by atoms with Crippen LogP contribution in [-0.4, -0.2) is 4.98 Å². The van der Waals surface area contributed by atoms with E-state index in [0.29, 0.717) is 5.56 Å². The molecule has 0 saturated carbocycles. The molecule has 1 heterocycles. The van der Waals surface area contributed by atoms with Gasteiger partial charge in [0.2, 0.25) is 0 Å². The summed E-state index contributed by atoms with van der Waals surface area (Å²) in [6, 6.07) is 7.71. The van der Waals surface area contributed by atoms with E-state index in [-0.39, 0.29) is 0 Å². The molecule has 2 aromatic rings. The number of unbranched alkanes of at least 4 members (excludes halogenated alkanes) is 1. The highest BCUT2D eigenvalue weighted by atomic mass is 19.2. The van der Waals surface area contributed by atoms with E-state index >= 15 is 0 Å². The molecule has 0 atom stereocenters. The Morgan fingerprint density at radius 3 is 2.63 bits per heavy atom. The number of hydrogen-bond donors (Lipinski definition) is 0.